The van der Waals surface area contributed by atoms with Gasteiger partial charge >= 0.3 is 5.97 Å². The van der Waals surface area contributed by atoms with Gasteiger partial charge in [0.25, 0.3) is 0 Å². The van der Waals surface area contributed by atoms with E-state index < -0.39 is 5.97 Å². The second-order valence-electron chi connectivity index (χ2n) is 5.80. The number of nitrogens with zero attached hydrogens (tertiary/aromatic N) is 4. The predicted octanol–water partition coefficient (Wildman–Crippen LogP) is 1.45. The number of tetrazole rings is 1. The van der Waals surface area contributed by atoms with Crippen LogP contribution in [0.5, 0.6) is 0 Å². The summed E-state index contributed by atoms with van der Waals surface area (Å²) in [5, 5.41) is 23.6. The van der Waals surface area contributed by atoms with Crippen molar-refractivity contribution < 1.29 is 9.90 Å². The van der Waals surface area contributed by atoms with E-state index in [1.165, 1.54) is 0 Å². The number of nitrogens with one attached hydrogen (secondary N) is 1. The molecule has 1 aromatic heterocycles. The molecule has 0 aliphatic rings. The lowest BCUT2D eigenvalue weighted by Gasteiger charge is -2.23. The van der Waals surface area contributed by atoms with Crippen molar-refractivity contribution in [3.05, 3.63) is 5.82 Å². The molecule has 0 atom stereocenters. The van der Waals surface area contributed by atoms with E-state index in [1.807, 2.05) is 4.68 Å². The van der Waals surface area contributed by atoms with Crippen LogP contribution in [0.1, 0.15) is 52.3 Å². The van der Waals surface area contributed by atoms with Gasteiger partial charge in [0.15, 0.2) is 5.82 Å². The maximum atomic E-state index is 10.6. The standard InChI is InChI=1S/C13H25N5O2/c1-4-9-18-11(15-16-17-18)10-14-8-7-13(2,3)6-5-12(19)20/h14H,4-10H2,1-3H3,(H,19,20). The summed E-state index contributed by atoms with van der Waals surface area (Å²) in [5.74, 6) is 0.111. The summed E-state index contributed by atoms with van der Waals surface area (Å²) in [5.41, 5.74) is 0.0285. The highest BCUT2D eigenvalue weighted by molar-refractivity contribution is 5.66. The molecule has 0 fully saturated rings. The Balaban J connectivity index is 2.26. The smallest absolute Gasteiger partial charge is 0.303 e. The van der Waals surface area contributed by atoms with Gasteiger partial charge in [0.2, 0.25) is 0 Å². The molecule has 0 radical (unpaired) electrons. The van der Waals surface area contributed by atoms with Gasteiger partial charge < -0.3 is 10.4 Å². The van der Waals surface area contributed by atoms with Crippen LogP contribution in [0.4, 0.5) is 0 Å². The van der Waals surface area contributed by atoms with Gasteiger partial charge in [0.05, 0.1) is 6.54 Å². The van der Waals surface area contributed by atoms with Crippen molar-refractivity contribution in [1.82, 2.24) is 25.5 Å². The van der Waals surface area contributed by atoms with Gasteiger partial charge in [-0.1, -0.05) is 20.8 Å². The number of aromatic nitrogens is 4. The molecule has 0 aliphatic heterocycles. The Morgan fingerprint density at radius 2 is 2.15 bits per heavy atom. The van der Waals surface area contributed by atoms with E-state index >= 15 is 0 Å². The van der Waals surface area contributed by atoms with Crippen molar-refractivity contribution in [1.29, 1.82) is 0 Å². The molecule has 0 aliphatic carbocycles. The summed E-state index contributed by atoms with van der Waals surface area (Å²) in [4.78, 5) is 10.6. The summed E-state index contributed by atoms with van der Waals surface area (Å²) in [6, 6.07) is 0. The molecule has 1 aromatic rings. The van der Waals surface area contributed by atoms with E-state index in [-0.39, 0.29) is 11.8 Å². The molecule has 1 heterocycles. The van der Waals surface area contributed by atoms with E-state index in [0.717, 1.165) is 31.8 Å². The van der Waals surface area contributed by atoms with Crippen LogP contribution in [0.25, 0.3) is 0 Å². The first kappa shape index (κ1) is 16.6. The third-order valence-electron chi connectivity index (χ3n) is 3.32. The Labute approximate surface area is 119 Å². The summed E-state index contributed by atoms with van der Waals surface area (Å²) in [6.45, 7) is 8.57. The average Bonchev–Trinajstić information content (AvgIpc) is 2.81. The van der Waals surface area contributed by atoms with Crippen molar-refractivity contribution in [3.8, 4) is 0 Å². The normalized spacial score (nSPS) is 11.8. The molecule has 0 bridgehead atoms. The fourth-order valence-electron chi connectivity index (χ4n) is 1.93. The molecule has 0 unspecified atom stereocenters. The number of hydrogen-bond donors (Lipinski definition) is 2. The van der Waals surface area contributed by atoms with Crippen LogP contribution < -0.4 is 5.32 Å². The second kappa shape index (κ2) is 7.94. The van der Waals surface area contributed by atoms with Crippen LogP contribution >= 0.6 is 0 Å². The minimum Gasteiger partial charge on any atom is -0.481 e. The summed E-state index contributed by atoms with van der Waals surface area (Å²) in [7, 11) is 0. The molecule has 0 aromatic carbocycles. The molecule has 0 amide bonds. The maximum Gasteiger partial charge on any atom is 0.303 e. The Kier molecular flexibility index (Phi) is 6.57. The molecular formula is C13H25N5O2. The van der Waals surface area contributed by atoms with Gasteiger partial charge in [-0.25, -0.2) is 4.68 Å². The molecule has 7 nitrogen and oxygen atoms in total. The summed E-state index contributed by atoms with van der Waals surface area (Å²) >= 11 is 0. The van der Waals surface area contributed by atoms with Gasteiger partial charge in [-0.15, -0.1) is 5.10 Å². The summed E-state index contributed by atoms with van der Waals surface area (Å²) < 4.78 is 1.81. The third-order valence-corrected chi connectivity index (χ3v) is 3.32. The monoisotopic (exact) mass is 283 g/mol. The highest BCUT2D eigenvalue weighted by Crippen LogP contribution is 2.25. The highest BCUT2D eigenvalue weighted by Gasteiger charge is 2.18. The number of aryl methyl sites for hydroxylation is 1. The molecular weight excluding hydrogens is 258 g/mol. The fraction of sp³-hybridized carbons (Fsp3) is 0.846. The second-order valence-corrected chi connectivity index (χ2v) is 5.80. The van der Waals surface area contributed by atoms with Gasteiger partial charge in [-0.05, 0) is 41.6 Å². The number of carboxylic acid groups (broad SMARTS) is 1. The fourth-order valence-corrected chi connectivity index (χ4v) is 1.93. The van der Waals surface area contributed by atoms with Crippen molar-refractivity contribution in [2.75, 3.05) is 6.54 Å². The maximum absolute atomic E-state index is 10.6. The first-order valence-electron chi connectivity index (χ1n) is 7.12. The Bertz CT molecular complexity index is 417. The summed E-state index contributed by atoms with van der Waals surface area (Å²) in [6.07, 6.45) is 2.84. The molecule has 0 saturated carbocycles. The zero-order valence-electron chi connectivity index (χ0n) is 12.6. The van der Waals surface area contributed by atoms with E-state index in [1.54, 1.807) is 0 Å². The van der Waals surface area contributed by atoms with Crippen molar-refractivity contribution >= 4 is 5.97 Å². The first-order valence-corrected chi connectivity index (χ1v) is 7.12. The lowest BCUT2D eigenvalue weighted by molar-refractivity contribution is -0.137. The van der Waals surface area contributed by atoms with E-state index in [2.05, 4.69) is 41.6 Å². The molecule has 1 rings (SSSR count). The Hall–Kier alpha value is -1.50. The number of hydrogen-bond acceptors (Lipinski definition) is 5. The van der Waals surface area contributed by atoms with Gasteiger partial charge in [-0.3, -0.25) is 4.79 Å². The Morgan fingerprint density at radius 1 is 1.40 bits per heavy atom. The quantitative estimate of drug-likeness (QED) is 0.631. The predicted molar refractivity (Wildman–Crippen MR) is 75.1 cm³/mol. The molecule has 114 valence electrons. The number of rotatable bonds is 10. The lowest BCUT2D eigenvalue weighted by Crippen LogP contribution is -2.24. The SMILES string of the molecule is CCCn1nnnc1CNCCC(C)(C)CCC(=O)O. The zero-order chi connectivity index (χ0) is 15.0. The largest absolute Gasteiger partial charge is 0.481 e. The van der Waals surface area contributed by atoms with Gasteiger partial charge in [0.1, 0.15) is 0 Å². The van der Waals surface area contributed by atoms with E-state index in [0.29, 0.717) is 13.0 Å². The number of aliphatic carboxylic acids is 1. The minimum absolute atomic E-state index is 0.0285. The van der Waals surface area contributed by atoms with Crippen molar-refractivity contribution in [2.24, 2.45) is 5.41 Å². The molecule has 7 heteroatoms. The van der Waals surface area contributed by atoms with Crippen molar-refractivity contribution in [2.45, 2.75) is 59.5 Å². The van der Waals surface area contributed by atoms with Gasteiger partial charge in [-0.2, -0.15) is 0 Å². The van der Waals surface area contributed by atoms with Crippen LogP contribution in [-0.4, -0.2) is 37.8 Å². The number of carbonyl (C=O) groups is 1. The van der Waals surface area contributed by atoms with Crippen LogP contribution in [0.2, 0.25) is 0 Å². The third kappa shape index (κ3) is 6.10. The topological polar surface area (TPSA) is 92.9 Å². The molecule has 2 N–H and O–H groups in total. The van der Waals surface area contributed by atoms with Crippen LogP contribution in [0, 0.1) is 5.41 Å². The molecule has 0 spiro atoms. The lowest BCUT2D eigenvalue weighted by atomic mass is 9.84. The van der Waals surface area contributed by atoms with E-state index in [9.17, 15) is 4.79 Å². The molecule has 20 heavy (non-hydrogen) atoms. The molecule has 0 saturated heterocycles. The highest BCUT2D eigenvalue weighted by atomic mass is 16.4. The first-order chi connectivity index (χ1) is 9.44. The Morgan fingerprint density at radius 3 is 2.80 bits per heavy atom. The minimum atomic E-state index is -0.732. The van der Waals surface area contributed by atoms with Crippen LogP contribution in [0.15, 0.2) is 0 Å². The zero-order valence-corrected chi connectivity index (χ0v) is 12.6. The number of carboxylic acids is 1. The van der Waals surface area contributed by atoms with Crippen LogP contribution in [-0.2, 0) is 17.9 Å². The van der Waals surface area contributed by atoms with Crippen molar-refractivity contribution in [3.63, 3.8) is 0 Å². The van der Waals surface area contributed by atoms with E-state index in [4.69, 9.17) is 5.11 Å². The van der Waals surface area contributed by atoms with Gasteiger partial charge in [0, 0.05) is 13.0 Å². The average molecular weight is 283 g/mol. The van der Waals surface area contributed by atoms with Crippen LogP contribution in [0.3, 0.4) is 0 Å².